The number of likely N-dealkylation sites (N-methyl/N-ethyl adjacent to an activating group) is 1. The summed E-state index contributed by atoms with van der Waals surface area (Å²) >= 11 is 0. The highest BCUT2D eigenvalue weighted by atomic mass is 16.2. The largest absolute Gasteiger partial charge is 0.369 e. The molecule has 1 atom stereocenters. The first-order valence-corrected chi connectivity index (χ1v) is 6.11. The highest BCUT2D eigenvalue weighted by Crippen LogP contribution is 2.35. The lowest BCUT2D eigenvalue weighted by Crippen LogP contribution is -2.32. The lowest BCUT2D eigenvalue weighted by molar-refractivity contribution is -0.130. The monoisotopic (exact) mass is 246 g/mol. The summed E-state index contributed by atoms with van der Waals surface area (Å²) in [6, 6.07) is 7.84. The Bertz CT molecular complexity index is 457. The van der Waals surface area contributed by atoms with E-state index in [1.807, 2.05) is 38.4 Å². The minimum Gasteiger partial charge on any atom is -0.369 e. The van der Waals surface area contributed by atoms with Gasteiger partial charge < -0.3 is 9.80 Å². The third kappa shape index (κ3) is 2.43. The zero-order valence-electron chi connectivity index (χ0n) is 10.8. The van der Waals surface area contributed by atoms with E-state index in [0.717, 1.165) is 24.3 Å². The molecule has 1 unspecified atom stereocenters. The summed E-state index contributed by atoms with van der Waals surface area (Å²) in [4.78, 5) is 26.6. The van der Waals surface area contributed by atoms with Crippen molar-refractivity contribution in [2.75, 3.05) is 38.6 Å². The topological polar surface area (TPSA) is 40.6 Å². The molecule has 0 saturated heterocycles. The summed E-state index contributed by atoms with van der Waals surface area (Å²) in [5, 5.41) is 0. The molecule has 0 radical (unpaired) electrons. The van der Waals surface area contributed by atoms with Gasteiger partial charge in [0, 0.05) is 25.3 Å². The van der Waals surface area contributed by atoms with Crippen LogP contribution in [0.25, 0.3) is 0 Å². The van der Waals surface area contributed by atoms with Gasteiger partial charge in [-0.15, -0.1) is 0 Å². The number of aldehydes is 1. The molecule has 4 heteroatoms. The summed E-state index contributed by atoms with van der Waals surface area (Å²) in [5.74, 6) is -0.615. The number of anilines is 1. The van der Waals surface area contributed by atoms with Crippen molar-refractivity contribution < 1.29 is 9.59 Å². The Labute approximate surface area is 107 Å². The van der Waals surface area contributed by atoms with Gasteiger partial charge in [0.15, 0.2) is 6.29 Å². The molecule has 1 heterocycles. The van der Waals surface area contributed by atoms with Crippen molar-refractivity contribution in [3.8, 4) is 0 Å². The van der Waals surface area contributed by atoms with Crippen LogP contribution in [0.3, 0.4) is 0 Å². The smallest absolute Gasteiger partial charge is 0.204 e. The van der Waals surface area contributed by atoms with Crippen LogP contribution < -0.4 is 4.90 Å². The maximum Gasteiger partial charge on any atom is 0.204 e. The number of fused-ring (bicyclic) bond motifs is 1. The fourth-order valence-corrected chi connectivity index (χ4v) is 2.35. The second kappa shape index (κ2) is 5.31. The molecule has 1 aliphatic heterocycles. The third-order valence-corrected chi connectivity index (χ3v) is 3.33. The fourth-order valence-electron chi connectivity index (χ4n) is 2.35. The fraction of sp³-hybridized carbons (Fsp3) is 0.429. The van der Waals surface area contributed by atoms with E-state index >= 15 is 0 Å². The van der Waals surface area contributed by atoms with E-state index in [2.05, 4.69) is 9.80 Å². The van der Waals surface area contributed by atoms with Gasteiger partial charge in [-0.2, -0.15) is 0 Å². The number of carbonyl (C=O) groups is 2. The molecule has 1 aromatic carbocycles. The molecule has 0 fully saturated rings. The number of carbonyl (C=O) groups excluding carboxylic acids is 2. The Kier molecular flexibility index (Phi) is 3.77. The van der Waals surface area contributed by atoms with Crippen LogP contribution in [0.15, 0.2) is 24.3 Å². The van der Waals surface area contributed by atoms with E-state index in [9.17, 15) is 9.59 Å². The number of benzene rings is 1. The van der Waals surface area contributed by atoms with Crippen LogP contribution in [-0.2, 0) is 9.59 Å². The predicted octanol–water partition coefficient (Wildman–Crippen LogP) is 0.920. The SMILES string of the molecule is CN(C)CCN1CC(C(=O)C=O)c2ccccc21. The van der Waals surface area contributed by atoms with Crippen molar-refractivity contribution >= 4 is 17.8 Å². The Balaban J connectivity index is 2.21. The number of hydrogen-bond acceptors (Lipinski definition) is 4. The Morgan fingerprint density at radius 1 is 1.44 bits per heavy atom. The van der Waals surface area contributed by atoms with Crippen molar-refractivity contribution in [1.29, 1.82) is 0 Å². The van der Waals surface area contributed by atoms with Crippen molar-refractivity contribution in [1.82, 2.24) is 4.90 Å². The summed E-state index contributed by atoms with van der Waals surface area (Å²) < 4.78 is 0. The first kappa shape index (κ1) is 12.8. The van der Waals surface area contributed by atoms with Crippen LogP contribution in [-0.4, -0.2) is 50.7 Å². The molecule has 1 aromatic rings. The van der Waals surface area contributed by atoms with Crippen molar-refractivity contribution in [3.05, 3.63) is 29.8 Å². The predicted molar refractivity (Wildman–Crippen MR) is 71.0 cm³/mol. The van der Waals surface area contributed by atoms with Crippen LogP contribution in [0.2, 0.25) is 0 Å². The van der Waals surface area contributed by atoms with Gasteiger partial charge in [-0.1, -0.05) is 18.2 Å². The van der Waals surface area contributed by atoms with Gasteiger partial charge in [-0.25, -0.2) is 0 Å². The quantitative estimate of drug-likeness (QED) is 0.572. The second-order valence-electron chi connectivity index (χ2n) is 4.88. The normalized spacial score (nSPS) is 17.9. The van der Waals surface area contributed by atoms with Gasteiger partial charge >= 0.3 is 0 Å². The van der Waals surface area contributed by atoms with Gasteiger partial charge in [-0.3, -0.25) is 9.59 Å². The maximum atomic E-state index is 11.7. The van der Waals surface area contributed by atoms with Crippen molar-refractivity contribution in [2.45, 2.75) is 5.92 Å². The van der Waals surface area contributed by atoms with E-state index in [0.29, 0.717) is 12.8 Å². The molecule has 0 spiro atoms. The highest BCUT2D eigenvalue weighted by molar-refractivity contribution is 6.28. The summed E-state index contributed by atoms with van der Waals surface area (Å²) in [7, 11) is 4.05. The minimum atomic E-state index is -0.324. The highest BCUT2D eigenvalue weighted by Gasteiger charge is 2.32. The molecule has 96 valence electrons. The summed E-state index contributed by atoms with van der Waals surface area (Å²) in [6.45, 7) is 2.41. The lowest BCUT2D eigenvalue weighted by atomic mass is 9.98. The van der Waals surface area contributed by atoms with E-state index in [1.165, 1.54) is 0 Å². The molecule has 18 heavy (non-hydrogen) atoms. The number of para-hydroxylation sites is 1. The van der Waals surface area contributed by atoms with Gasteiger partial charge in [0.05, 0.1) is 5.92 Å². The van der Waals surface area contributed by atoms with Gasteiger partial charge in [-0.05, 0) is 25.7 Å². The molecule has 0 amide bonds. The van der Waals surface area contributed by atoms with Gasteiger partial charge in [0.25, 0.3) is 0 Å². The minimum absolute atomic E-state index is 0.291. The number of hydrogen-bond donors (Lipinski definition) is 0. The number of ketones is 1. The van der Waals surface area contributed by atoms with E-state index in [-0.39, 0.29) is 11.7 Å². The second-order valence-corrected chi connectivity index (χ2v) is 4.88. The van der Waals surface area contributed by atoms with Gasteiger partial charge in [0.2, 0.25) is 5.78 Å². The van der Waals surface area contributed by atoms with Crippen molar-refractivity contribution in [3.63, 3.8) is 0 Å². The van der Waals surface area contributed by atoms with Crippen LogP contribution in [0.5, 0.6) is 0 Å². The zero-order chi connectivity index (χ0) is 13.1. The first-order valence-electron chi connectivity index (χ1n) is 6.11. The lowest BCUT2D eigenvalue weighted by Gasteiger charge is -2.21. The summed E-state index contributed by atoms with van der Waals surface area (Å²) in [6.07, 6.45) is 0.441. The van der Waals surface area contributed by atoms with E-state index < -0.39 is 0 Å². The average Bonchev–Trinajstić information content (AvgIpc) is 2.74. The molecule has 2 rings (SSSR count). The molecular weight excluding hydrogens is 228 g/mol. The molecule has 1 aliphatic rings. The Morgan fingerprint density at radius 3 is 2.83 bits per heavy atom. The molecular formula is C14H18N2O2. The first-order chi connectivity index (χ1) is 8.63. The van der Waals surface area contributed by atoms with Crippen LogP contribution in [0.1, 0.15) is 11.5 Å². The van der Waals surface area contributed by atoms with Crippen LogP contribution in [0, 0.1) is 0 Å². The number of nitrogens with zero attached hydrogens (tertiary/aromatic N) is 2. The Hall–Kier alpha value is -1.68. The third-order valence-electron chi connectivity index (χ3n) is 3.33. The van der Waals surface area contributed by atoms with E-state index in [4.69, 9.17) is 0 Å². The van der Waals surface area contributed by atoms with Crippen LogP contribution in [0.4, 0.5) is 5.69 Å². The number of rotatable bonds is 5. The molecule has 4 nitrogen and oxygen atoms in total. The molecule has 0 bridgehead atoms. The number of Topliss-reactive ketones (excluding diaryl/α,β-unsaturated/α-hetero) is 1. The average molecular weight is 246 g/mol. The maximum absolute atomic E-state index is 11.7. The molecule has 0 N–H and O–H groups in total. The molecule has 0 saturated carbocycles. The zero-order valence-corrected chi connectivity index (χ0v) is 10.8. The van der Waals surface area contributed by atoms with E-state index in [1.54, 1.807) is 0 Å². The summed E-state index contributed by atoms with van der Waals surface area (Å²) in [5.41, 5.74) is 2.06. The molecule has 0 aliphatic carbocycles. The Morgan fingerprint density at radius 2 is 2.17 bits per heavy atom. The van der Waals surface area contributed by atoms with Crippen molar-refractivity contribution in [2.24, 2.45) is 0 Å². The standard InChI is InChI=1S/C14H18N2O2/c1-15(2)7-8-16-9-12(14(18)10-17)11-5-3-4-6-13(11)16/h3-6,10,12H,7-9H2,1-2H3. The van der Waals surface area contributed by atoms with Gasteiger partial charge in [0.1, 0.15) is 0 Å². The molecule has 0 aromatic heterocycles. The van der Waals surface area contributed by atoms with Crippen LogP contribution >= 0.6 is 0 Å².